The predicted molar refractivity (Wildman–Crippen MR) is 77.6 cm³/mol. The molecule has 3 nitrogen and oxygen atoms in total. The Bertz CT molecular complexity index is 432. The van der Waals surface area contributed by atoms with Crippen LogP contribution in [0.4, 0.5) is 0 Å². The van der Waals surface area contributed by atoms with Crippen molar-refractivity contribution >= 4 is 31.9 Å². The average molecular weight is 380 g/mol. The summed E-state index contributed by atoms with van der Waals surface area (Å²) in [6.07, 6.45) is 0.126. The summed E-state index contributed by atoms with van der Waals surface area (Å²) in [5.74, 6) is 1.55. The van der Waals surface area contributed by atoms with Crippen molar-refractivity contribution in [2.24, 2.45) is 0 Å². The van der Waals surface area contributed by atoms with E-state index in [9.17, 15) is 0 Å². The molecule has 2 rings (SSSR count). The van der Waals surface area contributed by atoms with Gasteiger partial charge in [0.2, 0.25) is 6.79 Å². The fourth-order valence-electron chi connectivity index (χ4n) is 1.87. The summed E-state index contributed by atoms with van der Waals surface area (Å²) >= 11 is 7.18. The first-order chi connectivity index (χ1) is 8.49. The minimum atomic E-state index is -0.0334. The van der Waals surface area contributed by atoms with Gasteiger partial charge >= 0.3 is 0 Å². The minimum Gasteiger partial charge on any atom is -0.454 e. The molecule has 0 fully saturated rings. The monoisotopic (exact) mass is 378 g/mol. The highest BCUT2D eigenvalue weighted by Crippen LogP contribution is 2.41. The van der Waals surface area contributed by atoms with E-state index in [1.54, 1.807) is 0 Å². The third-order valence-electron chi connectivity index (χ3n) is 2.63. The maximum absolute atomic E-state index is 5.97. The van der Waals surface area contributed by atoms with Crippen molar-refractivity contribution in [2.75, 3.05) is 6.79 Å². The van der Waals surface area contributed by atoms with Crippen LogP contribution >= 0.6 is 31.9 Å². The normalized spacial score (nSPS) is 17.0. The van der Waals surface area contributed by atoms with Gasteiger partial charge in [-0.25, -0.2) is 0 Å². The molecule has 0 aliphatic carbocycles. The zero-order valence-corrected chi connectivity index (χ0v) is 13.7. The summed E-state index contributed by atoms with van der Waals surface area (Å²) in [5, 5.41) is 0. The highest BCUT2D eigenvalue weighted by molar-refractivity contribution is 9.10. The Morgan fingerprint density at radius 2 is 1.78 bits per heavy atom. The molecule has 0 spiro atoms. The van der Waals surface area contributed by atoms with E-state index in [2.05, 4.69) is 38.8 Å². The largest absolute Gasteiger partial charge is 0.454 e. The van der Waals surface area contributed by atoms with Gasteiger partial charge in [-0.2, -0.15) is 0 Å². The molecule has 1 aliphatic heterocycles. The van der Waals surface area contributed by atoms with Crippen molar-refractivity contribution in [1.29, 1.82) is 0 Å². The molecule has 0 saturated heterocycles. The molecular formula is C13H16Br2O3. The number of hydrogen-bond donors (Lipinski definition) is 0. The van der Waals surface area contributed by atoms with Gasteiger partial charge in [-0.3, -0.25) is 0 Å². The van der Waals surface area contributed by atoms with Crippen LogP contribution in [0, 0.1) is 0 Å². The first-order valence-corrected chi connectivity index (χ1v) is 7.58. The predicted octanol–water partition coefficient (Wildman–Crippen LogP) is 4.43. The highest BCUT2D eigenvalue weighted by atomic mass is 79.9. The third-order valence-corrected chi connectivity index (χ3v) is 3.80. The fourth-order valence-corrected chi connectivity index (χ4v) is 2.83. The quantitative estimate of drug-likeness (QED) is 0.724. The lowest BCUT2D eigenvalue weighted by Gasteiger charge is -2.24. The van der Waals surface area contributed by atoms with Gasteiger partial charge in [0, 0.05) is 14.9 Å². The molecule has 18 heavy (non-hydrogen) atoms. The lowest BCUT2D eigenvalue weighted by molar-refractivity contribution is 0.00836. The van der Waals surface area contributed by atoms with E-state index in [-0.39, 0.29) is 23.8 Å². The van der Waals surface area contributed by atoms with E-state index in [0.717, 1.165) is 21.5 Å². The Kier molecular flexibility index (Phi) is 4.56. The van der Waals surface area contributed by atoms with Crippen LogP contribution in [0.25, 0.3) is 0 Å². The minimum absolute atomic E-state index is 0.0334. The van der Waals surface area contributed by atoms with Gasteiger partial charge in [0.15, 0.2) is 11.5 Å². The zero-order chi connectivity index (χ0) is 13.3. The number of rotatable bonds is 4. The molecule has 100 valence electrons. The molecule has 0 N–H and O–H groups in total. The molecule has 2 atom stereocenters. The molecule has 0 unspecified atom stereocenters. The van der Waals surface area contributed by atoms with Crippen LogP contribution in [0.5, 0.6) is 11.5 Å². The summed E-state index contributed by atoms with van der Waals surface area (Å²) in [5.41, 5.74) is 1.07. The van der Waals surface area contributed by atoms with Crippen LogP contribution in [0.1, 0.15) is 32.4 Å². The van der Waals surface area contributed by atoms with E-state index in [0.29, 0.717) is 0 Å². The molecule has 1 aromatic carbocycles. The molecule has 0 saturated carbocycles. The number of hydrogen-bond acceptors (Lipinski definition) is 3. The van der Waals surface area contributed by atoms with Gasteiger partial charge in [0.05, 0.1) is 12.2 Å². The Balaban J connectivity index is 2.35. The summed E-state index contributed by atoms with van der Waals surface area (Å²) < 4.78 is 17.7. The molecule has 0 radical (unpaired) electrons. The smallest absolute Gasteiger partial charge is 0.231 e. The molecule has 1 aliphatic rings. The molecular weight excluding hydrogens is 364 g/mol. The standard InChI is InChI=1S/C13H16Br2O3/c1-7(2)18-13(8(3)14)9-4-11-12(5-10(9)15)17-6-16-11/h4-5,7-8,13H,6H2,1-3H3/t8-,13+/m0/s1. The molecule has 0 aromatic heterocycles. The van der Waals surface area contributed by atoms with Crippen molar-refractivity contribution < 1.29 is 14.2 Å². The summed E-state index contributed by atoms with van der Waals surface area (Å²) in [4.78, 5) is 0.205. The lowest BCUT2D eigenvalue weighted by atomic mass is 10.1. The van der Waals surface area contributed by atoms with Crippen molar-refractivity contribution in [3.8, 4) is 11.5 Å². The van der Waals surface area contributed by atoms with E-state index in [1.165, 1.54) is 0 Å². The Morgan fingerprint density at radius 3 is 2.33 bits per heavy atom. The highest BCUT2D eigenvalue weighted by Gasteiger charge is 2.25. The summed E-state index contributed by atoms with van der Waals surface area (Å²) in [6.45, 7) is 6.42. The topological polar surface area (TPSA) is 27.7 Å². The third kappa shape index (κ3) is 3.00. The van der Waals surface area contributed by atoms with Gasteiger partial charge in [-0.1, -0.05) is 31.9 Å². The fraction of sp³-hybridized carbons (Fsp3) is 0.538. The second-order valence-electron chi connectivity index (χ2n) is 4.51. The first kappa shape index (κ1) is 14.2. The Labute approximate surface area is 124 Å². The Morgan fingerprint density at radius 1 is 1.17 bits per heavy atom. The molecule has 0 amide bonds. The van der Waals surface area contributed by atoms with Gasteiger partial charge in [-0.15, -0.1) is 0 Å². The van der Waals surface area contributed by atoms with Crippen LogP contribution in [-0.4, -0.2) is 17.7 Å². The second-order valence-corrected chi connectivity index (χ2v) is 6.81. The lowest BCUT2D eigenvalue weighted by Crippen LogP contribution is -2.18. The van der Waals surface area contributed by atoms with Crippen molar-refractivity contribution in [3.05, 3.63) is 22.2 Å². The van der Waals surface area contributed by atoms with Crippen LogP contribution in [0.2, 0.25) is 0 Å². The van der Waals surface area contributed by atoms with E-state index < -0.39 is 0 Å². The van der Waals surface area contributed by atoms with Gasteiger partial charge in [0.1, 0.15) is 0 Å². The van der Waals surface area contributed by atoms with Crippen LogP contribution in [0.3, 0.4) is 0 Å². The van der Waals surface area contributed by atoms with Crippen molar-refractivity contribution in [2.45, 2.75) is 37.8 Å². The molecule has 0 bridgehead atoms. The number of halogens is 2. The van der Waals surface area contributed by atoms with Crippen LogP contribution in [0.15, 0.2) is 16.6 Å². The average Bonchev–Trinajstić information content (AvgIpc) is 2.71. The second kappa shape index (κ2) is 5.80. The van der Waals surface area contributed by atoms with E-state index >= 15 is 0 Å². The van der Waals surface area contributed by atoms with Gasteiger partial charge < -0.3 is 14.2 Å². The van der Waals surface area contributed by atoms with Gasteiger partial charge in [0.25, 0.3) is 0 Å². The molecule has 1 heterocycles. The van der Waals surface area contributed by atoms with E-state index in [4.69, 9.17) is 14.2 Å². The molecule has 5 heteroatoms. The number of alkyl halides is 1. The number of benzene rings is 1. The van der Waals surface area contributed by atoms with Crippen molar-refractivity contribution in [1.82, 2.24) is 0 Å². The van der Waals surface area contributed by atoms with Crippen molar-refractivity contribution in [3.63, 3.8) is 0 Å². The number of fused-ring (bicyclic) bond motifs is 1. The van der Waals surface area contributed by atoms with E-state index in [1.807, 2.05) is 26.0 Å². The van der Waals surface area contributed by atoms with Crippen LogP contribution < -0.4 is 9.47 Å². The Hall–Kier alpha value is -0.260. The maximum Gasteiger partial charge on any atom is 0.231 e. The summed E-state index contributed by atoms with van der Waals surface area (Å²) in [7, 11) is 0. The molecule has 1 aromatic rings. The summed E-state index contributed by atoms with van der Waals surface area (Å²) in [6, 6.07) is 3.92. The maximum atomic E-state index is 5.97. The number of ether oxygens (including phenoxy) is 3. The SMILES string of the molecule is CC(C)O[C@@H](c1cc2c(cc1Br)OCO2)[C@H](C)Br. The van der Waals surface area contributed by atoms with Gasteiger partial charge in [-0.05, 0) is 32.9 Å². The zero-order valence-electron chi connectivity index (χ0n) is 10.6. The van der Waals surface area contributed by atoms with Crippen LogP contribution in [-0.2, 0) is 4.74 Å². The first-order valence-electron chi connectivity index (χ1n) is 5.87.